The number of aliphatic imine (C=N–C) groups is 1. The molecule has 2 aromatic rings. The molecule has 0 radical (unpaired) electrons. The van der Waals surface area contributed by atoms with Crippen LogP contribution in [0.5, 0.6) is 0 Å². The fourth-order valence-electron chi connectivity index (χ4n) is 3.03. The van der Waals surface area contributed by atoms with Crippen molar-refractivity contribution in [3.05, 3.63) is 54.5 Å². The molecule has 0 spiro atoms. The number of amidine groups is 2. The summed E-state index contributed by atoms with van der Waals surface area (Å²) in [5.41, 5.74) is 6.71. The van der Waals surface area contributed by atoms with Crippen LogP contribution in [0.3, 0.4) is 0 Å². The molecule has 1 N–H and O–H groups in total. The maximum Gasteiger partial charge on any atom is 0.430 e. The average molecular weight is 407 g/mol. The Bertz CT molecular complexity index is 916. The summed E-state index contributed by atoms with van der Waals surface area (Å²) in [7, 11) is 0. The number of hydrogen-bond acceptors (Lipinski definition) is 8. The molecule has 27 heavy (non-hydrogen) atoms. The molecule has 3 rings (SSSR count). The number of aromatic nitrogens is 1. The van der Waals surface area contributed by atoms with Crippen molar-refractivity contribution >= 4 is 40.3 Å². The number of benzene rings is 1. The molecule has 1 aromatic heterocycles. The van der Waals surface area contributed by atoms with E-state index in [1.54, 1.807) is 6.20 Å². The van der Waals surface area contributed by atoms with Crippen LogP contribution in [0.4, 0.5) is 5.69 Å². The standard InChI is InChI=1S/C17H19ClN6O2S/c1-10-6-11(2)14(12(3)7-10)21-22-16(24(25)26)15-19-4-5-23(15)9-13-8-20-17(18)27-13/h6-8,21H,4-5,9H2,1-3H3. The number of nitrogens with zero attached hydrogens (tertiary/aromatic N) is 5. The Morgan fingerprint density at radius 2 is 2.11 bits per heavy atom. The van der Waals surface area contributed by atoms with Crippen molar-refractivity contribution in [1.82, 2.24) is 9.88 Å². The summed E-state index contributed by atoms with van der Waals surface area (Å²) in [5.74, 6) is -0.0399. The lowest BCUT2D eigenvalue weighted by atomic mass is 10.1. The van der Waals surface area contributed by atoms with Crippen LogP contribution in [0, 0.1) is 30.9 Å². The lowest BCUT2D eigenvalue weighted by molar-refractivity contribution is -0.346. The first kappa shape index (κ1) is 19.2. The highest BCUT2D eigenvalue weighted by Gasteiger charge is 2.31. The van der Waals surface area contributed by atoms with E-state index in [0.717, 1.165) is 27.3 Å². The normalized spacial score (nSPS) is 14.4. The van der Waals surface area contributed by atoms with Gasteiger partial charge in [-0.2, -0.15) is 5.43 Å². The highest BCUT2D eigenvalue weighted by Crippen LogP contribution is 2.23. The number of rotatable bonds is 5. The molecule has 0 atom stereocenters. The van der Waals surface area contributed by atoms with Gasteiger partial charge in [0.05, 0.1) is 23.9 Å². The summed E-state index contributed by atoms with van der Waals surface area (Å²) in [6.45, 7) is 7.41. The van der Waals surface area contributed by atoms with Crippen LogP contribution >= 0.6 is 22.9 Å². The van der Waals surface area contributed by atoms with Crippen LogP contribution in [0.15, 0.2) is 28.4 Å². The zero-order chi connectivity index (χ0) is 19.6. The summed E-state index contributed by atoms with van der Waals surface area (Å²) in [4.78, 5) is 22.2. The smallest absolute Gasteiger partial charge is 0.358 e. The van der Waals surface area contributed by atoms with E-state index in [-0.39, 0.29) is 11.7 Å². The van der Waals surface area contributed by atoms with Gasteiger partial charge in [-0.3, -0.25) is 4.99 Å². The van der Waals surface area contributed by atoms with Gasteiger partial charge in [-0.1, -0.05) is 29.3 Å². The van der Waals surface area contributed by atoms with Crippen LogP contribution in [0.2, 0.25) is 4.47 Å². The van der Waals surface area contributed by atoms with E-state index in [9.17, 15) is 10.1 Å². The molecule has 1 aliphatic rings. The SMILES string of the molecule is Cc1cc(C)c(NN=C(C2=NCCN2Cc2cnc(Cl)s2)[N+](=O)[O-])c(C)c1. The predicted octanol–water partition coefficient (Wildman–Crippen LogP) is 3.64. The third kappa shape index (κ3) is 4.42. The van der Waals surface area contributed by atoms with E-state index in [1.165, 1.54) is 11.3 Å². The van der Waals surface area contributed by atoms with Crippen molar-refractivity contribution in [2.75, 3.05) is 18.5 Å². The minimum absolute atomic E-state index is 0.263. The minimum atomic E-state index is -0.511. The van der Waals surface area contributed by atoms with Crippen molar-refractivity contribution in [1.29, 1.82) is 0 Å². The Kier molecular flexibility index (Phi) is 5.71. The number of aryl methyl sites for hydroxylation is 3. The zero-order valence-corrected chi connectivity index (χ0v) is 16.8. The Labute approximate surface area is 165 Å². The second-order valence-electron chi connectivity index (χ2n) is 6.28. The number of anilines is 1. The molecule has 1 aromatic carbocycles. The van der Waals surface area contributed by atoms with Gasteiger partial charge < -0.3 is 15.0 Å². The van der Waals surface area contributed by atoms with Gasteiger partial charge in [-0.15, -0.1) is 11.3 Å². The number of nitrogens with one attached hydrogen (secondary N) is 1. The fraction of sp³-hybridized carbons (Fsp3) is 0.353. The van der Waals surface area contributed by atoms with Crippen LogP contribution in [0.25, 0.3) is 0 Å². The fourth-order valence-corrected chi connectivity index (χ4v) is 4.02. The number of hydrazone groups is 1. The summed E-state index contributed by atoms with van der Waals surface area (Å²) < 4.78 is 0.442. The molecule has 2 heterocycles. The summed E-state index contributed by atoms with van der Waals surface area (Å²) in [6, 6.07) is 4.01. The average Bonchev–Trinajstić information content (AvgIpc) is 3.19. The first-order chi connectivity index (χ1) is 12.8. The molecule has 0 aliphatic carbocycles. The second kappa shape index (κ2) is 8.01. The zero-order valence-electron chi connectivity index (χ0n) is 15.2. The lowest BCUT2D eigenvalue weighted by Crippen LogP contribution is -2.37. The first-order valence-electron chi connectivity index (χ1n) is 8.31. The Morgan fingerprint density at radius 3 is 2.70 bits per heavy atom. The lowest BCUT2D eigenvalue weighted by Gasteiger charge is -2.16. The van der Waals surface area contributed by atoms with Crippen molar-refractivity contribution in [2.45, 2.75) is 27.3 Å². The third-order valence-corrected chi connectivity index (χ3v) is 5.23. The highest BCUT2D eigenvalue weighted by atomic mass is 35.5. The van der Waals surface area contributed by atoms with E-state index in [0.29, 0.717) is 24.1 Å². The summed E-state index contributed by atoms with van der Waals surface area (Å²) >= 11 is 7.21. The van der Waals surface area contributed by atoms with Crippen LogP contribution in [-0.4, -0.2) is 39.6 Å². The molecular weight excluding hydrogens is 388 g/mol. The molecule has 0 bridgehead atoms. The molecule has 0 saturated carbocycles. The number of hydrogen-bond donors (Lipinski definition) is 1. The topological polar surface area (TPSA) is 96.0 Å². The monoisotopic (exact) mass is 406 g/mol. The molecule has 0 unspecified atom stereocenters. The van der Waals surface area contributed by atoms with Crippen LogP contribution in [0.1, 0.15) is 21.6 Å². The van der Waals surface area contributed by atoms with Gasteiger partial charge in [0.1, 0.15) is 0 Å². The van der Waals surface area contributed by atoms with Crippen LogP contribution in [-0.2, 0) is 6.54 Å². The molecule has 0 saturated heterocycles. The van der Waals surface area contributed by atoms with E-state index in [2.05, 4.69) is 20.5 Å². The largest absolute Gasteiger partial charge is 0.430 e. The van der Waals surface area contributed by atoms with Crippen LogP contribution < -0.4 is 5.43 Å². The van der Waals surface area contributed by atoms with Gasteiger partial charge in [0.25, 0.3) is 0 Å². The van der Waals surface area contributed by atoms with Gasteiger partial charge in [-0.05, 0) is 36.8 Å². The van der Waals surface area contributed by atoms with E-state index >= 15 is 0 Å². The molecule has 0 fully saturated rings. The molecule has 142 valence electrons. The maximum atomic E-state index is 11.6. The molecule has 10 heteroatoms. The van der Waals surface area contributed by atoms with Crippen molar-refractivity contribution in [3.63, 3.8) is 0 Å². The van der Waals surface area contributed by atoms with Gasteiger partial charge in [0.15, 0.2) is 4.47 Å². The number of halogens is 1. The van der Waals surface area contributed by atoms with Crippen molar-refractivity contribution < 1.29 is 4.92 Å². The van der Waals surface area contributed by atoms with Crippen molar-refractivity contribution in [2.24, 2.45) is 10.1 Å². The summed E-state index contributed by atoms with van der Waals surface area (Å²) in [6.07, 6.45) is 1.67. The Morgan fingerprint density at radius 1 is 1.41 bits per heavy atom. The van der Waals surface area contributed by atoms with Gasteiger partial charge in [0, 0.05) is 17.6 Å². The second-order valence-corrected chi connectivity index (χ2v) is 7.98. The third-order valence-electron chi connectivity index (χ3n) is 4.13. The first-order valence-corrected chi connectivity index (χ1v) is 9.50. The maximum absolute atomic E-state index is 11.6. The van der Waals surface area contributed by atoms with Gasteiger partial charge in [0.2, 0.25) is 5.84 Å². The van der Waals surface area contributed by atoms with Gasteiger partial charge >= 0.3 is 5.84 Å². The number of nitro groups is 1. The molecule has 0 amide bonds. The van der Waals surface area contributed by atoms with E-state index < -0.39 is 4.92 Å². The molecular formula is C17H19ClN6O2S. The quantitative estimate of drug-likeness (QED) is 0.354. The van der Waals surface area contributed by atoms with Crippen molar-refractivity contribution in [3.8, 4) is 0 Å². The highest BCUT2D eigenvalue weighted by molar-refractivity contribution is 7.15. The minimum Gasteiger partial charge on any atom is -0.358 e. The Balaban J connectivity index is 1.84. The molecule has 1 aliphatic heterocycles. The predicted molar refractivity (Wildman–Crippen MR) is 109 cm³/mol. The van der Waals surface area contributed by atoms with Gasteiger partial charge in [-0.25, -0.2) is 4.98 Å². The Hall–Kier alpha value is -2.52. The molecule has 8 nitrogen and oxygen atoms in total. The summed E-state index contributed by atoms with van der Waals surface area (Å²) in [5, 5.41) is 15.7. The van der Waals surface area contributed by atoms with E-state index in [1.807, 2.05) is 37.8 Å². The number of thiazole rings is 1. The van der Waals surface area contributed by atoms with E-state index in [4.69, 9.17) is 11.6 Å².